The number of urea groups is 1. The molecule has 1 aromatic carbocycles. The second-order valence-electron chi connectivity index (χ2n) is 5.05. The summed E-state index contributed by atoms with van der Waals surface area (Å²) in [7, 11) is -2.10. The van der Waals surface area contributed by atoms with Crippen LogP contribution < -0.4 is 10.0 Å². The van der Waals surface area contributed by atoms with Gasteiger partial charge in [-0.25, -0.2) is 17.9 Å². The maximum atomic E-state index is 12.2. The third kappa shape index (κ3) is 4.15. The molecular formula is C14H21N3O3S2. The number of sulfonamides is 1. The van der Waals surface area contributed by atoms with E-state index in [-0.39, 0.29) is 17.0 Å². The third-order valence-electron chi connectivity index (χ3n) is 3.58. The Hall–Kier alpha value is -1.25. The summed E-state index contributed by atoms with van der Waals surface area (Å²) in [6, 6.07) is 6.25. The first-order valence-corrected chi connectivity index (χ1v) is 9.74. The standard InChI is InChI=1S/C14H21N3O3S2/c1-11(16-14(18)17-6-8-21-9-7-17)12-4-3-5-13(10-12)22(19,20)15-2/h3-5,10-11,15H,6-9H2,1-2H3,(H,16,18). The van der Waals surface area contributed by atoms with Gasteiger partial charge in [0.1, 0.15) is 0 Å². The van der Waals surface area contributed by atoms with Gasteiger partial charge in [0.25, 0.3) is 0 Å². The summed E-state index contributed by atoms with van der Waals surface area (Å²) in [4.78, 5) is 14.2. The summed E-state index contributed by atoms with van der Waals surface area (Å²) >= 11 is 1.84. The zero-order valence-electron chi connectivity index (χ0n) is 12.7. The van der Waals surface area contributed by atoms with E-state index in [9.17, 15) is 13.2 Å². The Kier molecular flexibility index (Phi) is 5.71. The van der Waals surface area contributed by atoms with Crippen LogP contribution in [-0.2, 0) is 10.0 Å². The van der Waals surface area contributed by atoms with Crippen molar-refractivity contribution >= 4 is 27.8 Å². The Morgan fingerprint density at radius 1 is 1.32 bits per heavy atom. The molecule has 22 heavy (non-hydrogen) atoms. The molecule has 1 aliphatic rings. The minimum atomic E-state index is -3.48. The Morgan fingerprint density at radius 3 is 2.64 bits per heavy atom. The number of nitrogens with one attached hydrogen (secondary N) is 2. The quantitative estimate of drug-likeness (QED) is 0.866. The van der Waals surface area contributed by atoms with Crippen LogP contribution in [0.2, 0.25) is 0 Å². The van der Waals surface area contributed by atoms with Crippen LogP contribution in [0.1, 0.15) is 18.5 Å². The summed E-state index contributed by atoms with van der Waals surface area (Å²) in [5.41, 5.74) is 0.760. The minimum absolute atomic E-state index is 0.102. The van der Waals surface area contributed by atoms with Crippen LogP contribution in [0.15, 0.2) is 29.2 Å². The molecule has 1 aromatic rings. The predicted octanol–water partition coefficient (Wildman–Crippen LogP) is 1.41. The number of nitrogens with zero attached hydrogens (tertiary/aromatic N) is 1. The van der Waals surface area contributed by atoms with Crippen molar-refractivity contribution in [2.75, 3.05) is 31.6 Å². The topological polar surface area (TPSA) is 78.5 Å². The van der Waals surface area contributed by atoms with Crippen molar-refractivity contribution in [3.8, 4) is 0 Å². The number of hydrogen-bond donors (Lipinski definition) is 2. The Labute approximate surface area is 135 Å². The highest BCUT2D eigenvalue weighted by Crippen LogP contribution is 2.18. The van der Waals surface area contributed by atoms with E-state index in [1.807, 2.05) is 24.8 Å². The number of rotatable bonds is 4. The zero-order valence-corrected chi connectivity index (χ0v) is 14.3. The average Bonchev–Trinajstić information content (AvgIpc) is 2.55. The van der Waals surface area contributed by atoms with Crippen molar-refractivity contribution in [1.82, 2.24) is 14.9 Å². The van der Waals surface area contributed by atoms with Gasteiger partial charge in [-0.2, -0.15) is 11.8 Å². The average molecular weight is 343 g/mol. The van der Waals surface area contributed by atoms with Crippen molar-refractivity contribution in [2.45, 2.75) is 17.9 Å². The number of amides is 2. The summed E-state index contributed by atoms with van der Waals surface area (Å²) in [5, 5.41) is 2.93. The lowest BCUT2D eigenvalue weighted by molar-refractivity contribution is 0.199. The number of carbonyl (C=O) groups excluding carboxylic acids is 1. The fourth-order valence-corrected chi connectivity index (χ4v) is 3.88. The highest BCUT2D eigenvalue weighted by molar-refractivity contribution is 7.99. The lowest BCUT2D eigenvalue weighted by atomic mass is 10.1. The lowest BCUT2D eigenvalue weighted by Crippen LogP contribution is -2.45. The smallest absolute Gasteiger partial charge is 0.317 e. The maximum absolute atomic E-state index is 12.2. The van der Waals surface area contributed by atoms with Crippen LogP contribution in [0.25, 0.3) is 0 Å². The molecule has 1 aliphatic heterocycles. The van der Waals surface area contributed by atoms with Crippen molar-refractivity contribution in [2.24, 2.45) is 0 Å². The first kappa shape index (κ1) is 17.1. The Bertz CT molecular complexity index is 628. The van der Waals surface area contributed by atoms with Gasteiger partial charge in [-0.15, -0.1) is 0 Å². The molecular weight excluding hydrogens is 322 g/mol. The lowest BCUT2D eigenvalue weighted by Gasteiger charge is -2.28. The molecule has 0 aromatic heterocycles. The zero-order chi connectivity index (χ0) is 16.2. The van der Waals surface area contributed by atoms with Gasteiger partial charge in [-0.05, 0) is 31.7 Å². The molecule has 8 heteroatoms. The number of benzene rings is 1. The third-order valence-corrected chi connectivity index (χ3v) is 5.93. The van der Waals surface area contributed by atoms with Crippen molar-refractivity contribution in [3.63, 3.8) is 0 Å². The van der Waals surface area contributed by atoms with Crippen LogP contribution >= 0.6 is 11.8 Å². The molecule has 122 valence electrons. The predicted molar refractivity (Wildman–Crippen MR) is 88.5 cm³/mol. The molecule has 2 rings (SSSR count). The van der Waals surface area contributed by atoms with Gasteiger partial charge in [0, 0.05) is 24.6 Å². The number of hydrogen-bond acceptors (Lipinski definition) is 4. The van der Waals surface area contributed by atoms with E-state index in [1.54, 1.807) is 17.0 Å². The van der Waals surface area contributed by atoms with Gasteiger partial charge in [0.15, 0.2) is 0 Å². The van der Waals surface area contributed by atoms with E-state index in [0.717, 1.165) is 30.2 Å². The van der Waals surface area contributed by atoms with Gasteiger partial charge >= 0.3 is 6.03 Å². The van der Waals surface area contributed by atoms with Crippen LogP contribution in [0.4, 0.5) is 4.79 Å². The highest BCUT2D eigenvalue weighted by Gasteiger charge is 2.20. The first-order chi connectivity index (χ1) is 10.4. The van der Waals surface area contributed by atoms with Crippen LogP contribution in [0.5, 0.6) is 0 Å². The van der Waals surface area contributed by atoms with Crippen molar-refractivity contribution in [1.29, 1.82) is 0 Å². The fourth-order valence-electron chi connectivity index (χ4n) is 2.20. The van der Waals surface area contributed by atoms with Crippen molar-refractivity contribution in [3.05, 3.63) is 29.8 Å². The van der Waals surface area contributed by atoms with Gasteiger partial charge < -0.3 is 10.2 Å². The highest BCUT2D eigenvalue weighted by atomic mass is 32.2. The molecule has 1 atom stereocenters. The first-order valence-electron chi connectivity index (χ1n) is 7.11. The van der Waals surface area contributed by atoms with Crippen LogP contribution in [0, 0.1) is 0 Å². The van der Waals surface area contributed by atoms with E-state index in [2.05, 4.69) is 10.0 Å². The molecule has 1 heterocycles. The molecule has 1 fully saturated rings. The normalized spacial score (nSPS) is 17.1. The summed E-state index contributed by atoms with van der Waals surface area (Å²) in [5.74, 6) is 1.91. The van der Waals surface area contributed by atoms with Gasteiger partial charge in [-0.1, -0.05) is 12.1 Å². The van der Waals surface area contributed by atoms with E-state index in [0.29, 0.717) is 0 Å². The largest absolute Gasteiger partial charge is 0.331 e. The fraction of sp³-hybridized carbons (Fsp3) is 0.500. The molecule has 0 radical (unpaired) electrons. The molecule has 1 saturated heterocycles. The molecule has 0 bridgehead atoms. The number of thioether (sulfide) groups is 1. The van der Waals surface area contributed by atoms with Crippen LogP contribution in [-0.4, -0.2) is 51.0 Å². The molecule has 0 saturated carbocycles. The molecule has 2 N–H and O–H groups in total. The van der Waals surface area contributed by atoms with E-state index >= 15 is 0 Å². The molecule has 6 nitrogen and oxygen atoms in total. The molecule has 1 unspecified atom stereocenters. The van der Waals surface area contributed by atoms with Gasteiger partial charge in [0.05, 0.1) is 10.9 Å². The number of carbonyl (C=O) groups is 1. The van der Waals surface area contributed by atoms with Gasteiger partial charge in [0.2, 0.25) is 10.0 Å². The Balaban J connectivity index is 2.07. The van der Waals surface area contributed by atoms with E-state index in [4.69, 9.17) is 0 Å². The van der Waals surface area contributed by atoms with Gasteiger partial charge in [-0.3, -0.25) is 0 Å². The van der Waals surface area contributed by atoms with Crippen molar-refractivity contribution < 1.29 is 13.2 Å². The second kappa shape index (κ2) is 7.34. The summed E-state index contributed by atoms with van der Waals surface area (Å²) < 4.78 is 26.0. The SMILES string of the molecule is CNS(=O)(=O)c1cccc(C(C)NC(=O)N2CCSCC2)c1. The van der Waals surface area contributed by atoms with Crippen LogP contribution in [0.3, 0.4) is 0 Å². The van der Waals surface area contributed by atoms with E-state index in [1.165, 1.54) is 13.1 Å². The summed E-state index contributed by atoms with van der Waals surface area (Å²) in [6.07, 6.45) is 0. The maximum Gasteiger partial charge on any atom is 0.317 e. The Morgan fingerprint density at radius 2 is 2.00 bits per heavy atom. The monoisotopic (exact) mass is 343 g/mol. The van der Waals surface area contributed by atoms with E-state index < -0.39 is 10.0 Å². The minimum Gasteiger partial charge on any atom is -0.331 e. The summed E-state index contributed by atoms with van der Waals surface area (Å²) in [6.45, 7) is 3.34. The molecule has 0 spiro atoms. The molecule has 0 aliphatic carbocycles. The second-order valence-corrected chi connectivity index (χ2v) is 8.16. The molecule has 2 amide bonds.